The molecule has 0 saturated heterocycles. The molecule has 2 rings (SSSR count). The summed E-state index contributed by atoms with van der Waals surface area (Å²) in [6, 6.07) is 9.06. The minimum atomic E-state index is -4.06. The van der Waals surface area contributed by atoms with Gasteiger partial charge in [0.05, 0.1) is 40.5 Å². The second-order valence-corrected chi connectivity index (χ2v) is 17.5. The first-order valence-electron chi connectivity index (χ1n) is 20.6. The molecule has 0 fully saturated rings. The van der Waals surface area contributed by atoms with Crippen molar-refractivity contribution in [2.24, 2.45) is 0 Å². The van der Waals surface area contributed by atoms with Crippen LogP contribution in [0.1, 0.15) is 135 Å². The molecule has 0 radical (unpaired) electrons. The van der Waals surface area contributed by atoms with E-state index in [2.05, 4.69) is 39.4 Å². The highest BCUT2D eigenvalue weighted by Gasteiger charge is 2.23. The van der Waals surface area contributed by atoms with E-state index in [-0.39, 0.29) is 49.4 Å². The number of likely N-dealkylation sites (N-methyl/N-ethyl adjacent to an activating group) is 1. The molecule has 0 saturated carbocycles. The minimum absolute atomic E-state index is 0.0748. The summed E-state index contributed by atoms with van der Waals surface area (Å²) in [7, 11) is -3.78. The summed E-state index contributed by atoms with van der Waals surface area (Å²) in [4.78, 5) is 18.9. The number of nitrogens with zero attached hydrogens (tertiary/aromatic N) is 1. The zero-order valence-electron chi connectivity index (χ0n) is 35.2. The molecule has 0 heterocycles. The summed E-state index contributed by atoms with van der Waals surface area (Å²) in [5.74, 6) is -0.709. The molecule has 13 nitrogen and oxygen atoms in total. The van der Waals surface area contributed by atoms with Crippen molar-refractivity contribution in [2.45, 2.75) is 137 Å². The van der Waals surface area contributed by atoms with Gasteiger partial charge in [-0.05, 0) is 80.8 Å². The topological polar surface area (TPSA) is 192 Å². The number of rotatable bonds is 29. The fraction of sp³-hybridized carbons (Fsp3) is 0.707. The van der Waals surface area contributed by atoms with E-state index in [4.69, 9.17) is 23.6 Å². The normalized spacial score (nSPS) is 13.5. The molecular formula is C41H76NO12P2+. The van der Waals surface area contributed by atoms with Crippen LogP contribution in [0.25, 0.3) is 0 Å². The van der Waals surface area contributed by atoms with Gasteiger partial charge < -0.3 is 34.7 Å². The van der Waals surface area contributed by atoms with Gasteiger partial charge in [0.1, 0.15) is 13.2 Å². The van der Waals surface area contributed by atoms with Gasteiger partial charge in [0.25, 0.3) is 0 Å². The van der Waals surface area contributed by atoms with Crippen LogP contribution in [-0.4, -0.2) is 88.3 Å². The third-order valence-electron chi connectivity index (χ3n) is 8.88. The molecule has 56 heavy (non-hydrogen) atoms. The van der Waals surface area contributed by atoms with E-state index in [0.29, 0.717) is 32.2 Å². The molecule has 2 aromatic rings. The number of aryl methyl sites for hydroxylation is 2. The highest BCUT2D eigenvalue weighted by molar-refractivity contribution is 7.47. The molecule has 0 aliphatic heterocycles. The average Bonchev–Trinajstić information content (AvgIpc) is 3.13. The maximum Gasteiger partial charge on any atom is 0.472 e. The Morgan fingerprint density at radius 2 is 0.857 bits per heavy atom. The number of phenolic OH excluding ortho intramolecular Hbond substituents is 4. The molecule has 0 aromatic heterocycles. The van der Waals surface area contributed by atoms with Gasteiger partial charge in [-0.25, -0.2) is 9.13 Å². The molecule has 6 N–H and O–H groups in total. The molecule has 15 heteroatoms. The fourth-order valence-electron chi connectivity index (χ4n) is 5.46. The fourth-order valence-corrected chi connectivity index (χ4v) is 6.97. The van der Waals surface area contributed by atoms with Gasteiger partial charge in [0.2, 0.25) is 0 Å². The van der Waals surface area contributed by atoms with Crippen LogP contribution in [0.15, 0.2) is 36.4 Å². The minimum Gasteiger partial charge on any atom is -0.504 e. The second kappa shape index (κ2) is 31.8. The largest absolute Gasteiger partial charge is 0.504 e. The predicted octanol–water partition coefficient (Wildman–Crippen LogP) is 10.5. The van der Waals surface area contributed by atoms with Gasteiger partial charge in [0.15, 0.2) is 23.0 Å². The quantitative estimate of drug-likeness (QED) is 0.0197. The first kappa shape index (κ1) is 53.8. The van der Waals surface area contributed by atoms with Crippen LogP contribution in [0.3, 0.4) is 0 Å². The Morgan fingerprint density at radius 1 is 0.482 bits per heavy atom. The van der Waals surface area contributed by atoms with E-state index < -0.39 is 15.6 Å². The summed E-state index contributed by atoms with van der Waals surface area (Å²) in [5.41, 5.74) is 1.62. The summed E-state index contributed by atoms with van der Waals surface area (Å²) >= 11 is 0. The first-order valence-corrected chi connectivity index (χ1v) is 23.6. The molecular weight excluding hydrogens is 760 g/mol. The number of phosphoric ester groups is 2. The molecule has 0 spiro atoms. The molecule has 2 aromatic carbocycles. The number of aromatic hydroxyl groups is 4. The van der Waals surface area contributed by atoms with Crippen molar-refractivity contribution in [1.29, 1.82) is 0 Å². The van der Waals surface area contributed by atoms with Crippen molar-refractivity contribution in [3.8, 4) is 23.0 Å². The lowest BCUT2D eigenvalue weighted by atomic mass is 10.1. The Hall–Kier alpha value is -2.18. The Labute approximate surface area is 337 Å². The van der Waals surface area contributed by atoms with Gasteiger partial charge >= 0.3 is 15.6 Å². The van der Waals surface area contributed by atoms with E-state index >= 15 is 0 Å². The van der Waals surface area contributed by atoms with Crippen LogP contribution < -0.4 is 0 Å². The van der Waals surface area contributed by atoms with Gasteiger partial charge in [-0.15, -0.1) is 0 Å². The second-order valence-electron chi connectivity index (χ2n) is 14.6. The van der Waals surface area contributed by atoms with Crippen molar-refractivity contribution in [3.05, 3.63) is 47.5 Å². The summed E-state index contributed by atoms with van der Waals surface area (Å²) in [6.45, 7) is 10.4. The lowest BCUT2D eigenvalue weighted by Crippen LogP contribution is -2.42. The summed E-state index contributed by atoms with van der Waals surface area (Å²) in [5, 5.41) is 37.1. The van der Waals surface area contributed by atoms with Crippen LogP contribution in [0.2, 0.25) is 0 Å². The van der Waals surface area contributed by atoms with Crippen molar-refractivity contribution in [2.75, 3.05) is 53.6 Å². The molecule has 2 unspecified atom stereocenters. The van der Waals surface area contributed by atoms with Crippen LogP contribution in [0.5, 0.6) is 23.0 Å². The number of benzene rings is 2. The maximum atomic E-state index is 12.0. The highest BCUT2D eigenvalue weighted by atomic mass is 31.2. The predicted molar refractivity (Wildman–Crippen MR) is 224 cm³/mol. The van der Waals surface area contributed by atoms with Crippen LogP contribution in [0, 0.1) is 0 Å². The zero-order chi connectivity index (χ0) is 42.3. The Morgan fingerprint density at radius 3 is 1.25 bits per heavy atom. The Kier molecular flexibility index (Phi) is 30.5. The van der Waals surface area contributed by atoms with E-state index in [1.54, 1.807) is 19.1 Å². The van der Waals surface area contributed by atoms with Crippen molar-refractivity contribution in [3.63, 3.8) is 0 Å². The average molecular weight is 837 g/mol. The zero-order valence-corrected chi connectivity index (χ0v) is 37.0. The number of phenols is 4. The SMILES string of the molecule is CCCCCCCCC.CCCCCCCC[N+](C)(C)CCOP(=O)(O)OCCCc1ccc(O)c(O)c1.CCOP(=O)(O)OCCCc1ccc(O)c(O)c1. The molecule has 0 bridgehead atoms. The van der Waals surface area contributed by atoms with Gasteiger partial charge in [-0.3, -0.25) is 18.1 Å². The number of quaternary nitrogens is 1. The smallest absolute Gasteiger partial charge is 0.472 e. The third kappa shape index (κ3) is 30.0. The molecule has 0 aliphatic carbocycles. The number of hydrogen-bond acceptors (Lipinski definition) is 10. The maximum absolute atomic E-state index is 12.0. The molecule has 326 valence electrons. The molecule has 2 atom stereocenters. The summed E-state index contributed by atoms with van der Waals surface area (Å²) < 4.78 is 43.3. The number of hydrogen-bond donors (Lipinski definition) is 6. The van der Waals surface area contributed by atoms with Crippen LogP contribution in [0.4, 0.5) is 0 Å². The van der Waals surface area contributed by atoms with E-state index in [1.807, 2.05) is 0 Å². The third-order valence-corrected chi connectivity index (χ3v) is 11.0. The summed E-state index contributed by atoms with van der Waals surface area (Å²) in [6.07, 6.45) is 19.6. The van der Waals surface area contributed by atoms with Crippen molar-refractivity contribution in [1.82, 2.24) is 0 Å². The Bertz CT molecular complexity index is 1370. The number of phosphoric acid groups is 2. The Balaban J connectivity index is 0.000000945. The van der Waals surface area contributed by atoms with E-state index in [9.17, 15) is 29.3 Å². The monoisotopic (exact) mass is 836 g/mol. The number of unbranched alkanes of at least 4 members (excludes halogenated alkanes) is 11. The van der Waals surface area contributed by atoms with Gasteiger partial charge in [-0.1, -0.05) is 104 Å². The van der Waals surface area contributed by atoms with Crippen LogP contribution in [-0.2, 0) is 40.1 Å². The standard InChI is InChI=1S/C21H38NO6P.C11H17O6P.C9H20/c1-4-5-6-7-8-9-14-22(2,3)15-17-28-29(25,26)27-16-10-11-19-12-13-20(23)21(24)18-19;1-2-16-18(14,15)17-7-3-4-9-5-6-10(12)11(13)8-9;1-3-5-7-9-8-6-4-2/h12-13,18H,4-11,14-17H2,1-3H3,(H2-,23,24,25,26);5-6,8,12-13H,2-4,7H2,1H3,(H,14,15);3-9H2,1-2H3/p+1. The highest BCUT2D eigenvalue weighted by Crippen LogP contribution is 2.44. The van der Waals surface area contributed by atoms with Crippen molar-refractivity contribution >= 4 is 15.6 Å². The van der Waals surface area contributed by atoms with Crippen molar-refractivity contribution < 1.29 is 61.9 Å². The van der Waals surface area contributed by atoms with E-state index in [0.717, 1.165) is 28.6 Å². The van der Waals surface area contributed by atoms with Crippen LogP contribution >= 0.6 is 15.6 Å². The lowest BCUT2D eigenvalue weighted by Gasteiger charge is -2.29. The molecule has 0 aliphatic rings. The molecule has 0 amide bonds. The van der Waals surface area contributed by atoms with E-state index in [1.165, 1.54) is 101 Å². The lowest BCUT2D eigenvalue weighted by molar-refractivity contribution is -0.890. The first-order chi connectivity index (χ1) is 26.5. The van der Waals surface area contributed by atoms with Gasteiger partial charge in [-0.2, -0.15) is 0 Å². The van der Waals surface area contributed by atoms with Gasteiger partial charge in [0, 0.05) is 0 Å².